The Morgan fingerprint density at radius 1 is 0.609 bits per heavy atom. The minimum Gasteiger partial charge on any atom is -0.393 e. The Morgan fingerprint density at radius 3 is 1.39 bits per heavy atom. The van der Waals surface area contributed by atoms with Crippen molar-refractivity contribution >= 4 is 0 Å². The Morgan fingerprint density at radius 2 is 1.00 bits per heavy atom. The van der Waals surface area contributed by atoms with Gasteiger partial charge in [-0.05, 0) is 6.42 Å². The van der Waals surface area contributed by atoms with Gasteiger partial charge in [-0.3, -0.25) is 0 Å². The lowest BCUT2D eigenvalue weighted by Crippen LogP contribution is -2.22. The molecule has 4 heteroatoms. The predicted octanol–water partition coefficient (Wildman–Crippen LogP) is 4.77. The third-order valence-electron chi connectivity index (χ3n) is 4.19. The van der Waals surface area contributed by atoms with Crippen molar-refractivity contribution in [1.82, 2.24) is 0 Å². The van der Waals surface area contributed by atoms with Gasteiger partial charge in [0.1, 0.15) is 6.10 Å². The normalized spacial score (nSPS) is 11.5. The van der Waals surface area contributed by atoms with Crippen LogP contribution in [0, 0.1) is 0 Å². The summed E-state index contributed by atoms with van der Waals surface area (Å²) >= 11 is 0. The van der Waals surface area contributed by atoms with Gasteiger partial charge in [0.05, 0.1) is 19.8 Å². The van der Waals surface area contributed by atoms with Gasteiger partial charge in [0.15, 0.2) is 0 Å². The number of aliphatic hydroxyl groups excluding tert-OH is 2. The van der Waals surface area contributed by atoms with Crippen LogP contribution in [0.25, 0.3) is 0 Å². The lowest BCUT2D eigenvalue weighted by atomic mass is 10.0. The number of unbranched alkanes of at least 4 members (excludes halogenated alkanes) is 13. The van der Waals surface area contributed by atoms with Crippen LogP contribution in [0.1, 0.15) is 96.8 Å². The van der Waals surface area contributed by atoms with E-state index in [1.165, 1.54) is 77.0 Å². The molecular formula is C19H40O4. The molecule has 0 aromatic rings. The first-order chi connectivity index (χ1) is 11.3. The zero-order valence-electron chi connectivity index (χ0n) is 15.3. The van der Waals surface area contributed by atoms with Crippen molar-refractivity contribution in [2.75, 3.05) is 19.8 Å². The molecule has 23 heavy (non-hydrogen) atoms. The molecule has 0 bridgehead atoms. The Labute approximate surface area is 143 Å². The highest BCUT2D eigenvalue weighted by Gasteiger charge is 2.05. The largest absolute Gasteiger partial charge is 0.393 e. The molecule has 0 fully saturated rings. The van der Waals surface area contributed by atoms with Crippen molar-refractivity contribution in [3.8, 4) is 0 Å². The molecule has 0 aromatic heterocycles. The number of hydrogen-bond donors (Lipinski definition) is 2. The topological polar surface area (TPSA) is 58.9 Å². The predicted molar refractivity (Wildman–Crippen MR) is 95.3 cm³/mol. The summed E-state index contributed by atoms with van der Waals surface area (Å²) in [6.07, 6.45) is 18.1. The van der Waals surface area contributed by atoms with Crippen LogP contribution in [0.15, 0.2) is 0 Å². The highest BCUT2D eigenvalue weighted by molar-refractivity contribution is 4.49. The van der Waals surface area contributed by atoms with Crippen LogP contribution in [-0.4, -0.2) is 36.1 Å². The second kappa shape index (κ2) is 19.9. The quantitative estimate of drug-likeness (QED) is 0.203. The fraction of sp³-hybridized carbons (Fsp3) is 1.00. The maximum Gasteiger partial charge on any atom is 0.139 e. The first kappa shape index (κ1) is 22.8. The summed E-state index contributed by atoms with van der Waals surface area (Å²) in [5, 5.41) is 17.6. The Balaban J connectivity index is 3.02. The summed E-state index contributed by atoms with van der Waals surface area (Å²) in [7, 11) is 0. The molecule has 0 amide bonds. The zero-order valence-corrected chi connectivity index (χ0v) is 15.3. The van der Waals surface area contributed by atoms with Gasteiger partial charge in [0, 0.05) is 0 Å². The fourth-order valence-electron chi connectivity index (χ4n) is 2.62. The highest BCUT2D eigenvalue weighted by Crippen LogP contribution is 2.12. The maximum atomic E-state index is 8.79. The zero-order chi connectivity index (χ0) is 17.0. The summed E-state index contributed by atoms with van der Waals surface area (Å²) < 4.78 is 0. The van der Waals surface area contributed by atoms with Crippen LogP contribution in [-0.2, 0) is 9.78 Å². The van der Waals surface area contributed by atoms with E-state index < -0.39 is 6.10 Å². The molecule has 0 rings (SSSR count). The Hall–Kier alpha value is -0.160. The van der Waals surface area contributed by atoms with E-state index in [1.807, 2.05) is 0 Å². The molecule has 0 atom stereocenters. The average Bonchev–Trinajstić information content (AvgIpc) is 2.58. The highest BCUT2D eigenvalue weighted by atomic mass is 17.2. The van der Waals surface area contributed by atoms with Gasteiger partial charge in [-0.1, -0.05) is 90.4 Å². The SMILES string of the molecule is CCCCCCCCCCCCCCCCOOC(CO)CO. The minimum atomic E-state index is -0.610. The lowest BCUT2D eigenvalue weighted by molar-refractivity contribution is -0.333. The molecule has 0 saturated carbocycles. The van der Waals surface area contributed by atoms with E-state index in [0.29, 0.717) is 6.61 Å². The molecule has 0 aliphatic carbocycles. The van der Waals surface area contributed by atoms with Crippen molar-refractivity contribution in [2.24, 2.45) is 0 Å². The summed E-state index contributed by atoms with van der Waals surface area (Å²) in [6, 6.07) is 0. The van der Waals surface area contributed by atoms with Gasteiger partial charge < -0.3 is 10.2 Å². The standard InChI is InChI=1S/C19H40O4/c1-2-3-4-5-6-7-8-9-10-11-12-13-14-15-16-22-23-19(17-20)18-21/h19-21H,2-18H2,1H3. The smallest absolute Gasteiger partial charge is 0.139 e. The molecule has 0 aromatic carbocycles. The molecule has 0 heterocycles. The van der Waals surface area contributed by atoms with Crippen molar-refractivity contribution in [3.63, 3.8) is 0 Å². The van der Waals surface area contributed by atoms with E-state index in [-0.39, 0.29) is 13.2 Å². The first-order valence-corrected chi connectivity index (χ1v) is 9.85. The van der Waals surface area contributed by atoms with Crippen LogP contribution in [0.3, 0.4) is 0 Å². The van der Waals surface area contributed by atoms with Crippen LogP contribution in [0.4, 0.5) is 0 Å². The molecule has 0 spiro atoms. The average molecular weight is 333 g/mol. The first-order valence-electron chi connectivity index (χ1n) is 9.85. The molecule has 2 N–H and O–H groups in total. The number of hydrogen-bond acceptors (Lipinski definition) is 4. The summed E-state index contributed by atoms with van der Waals surface area (Å²) in [5.74, 6) is 0. The van der Waals surface area contributed by atoms with Crippen LogP contribution in [0.5, 0.6) is 0 Å². The van der Waals surface area contributed by atoms with E-state index >= 15 is 0 Å². The monoisotopic (exact) mass is 332 g/mol. The van der Waals surface area contributed by atoms with Gasteiger partial charge in [-0.15, -0.1) is 0 Å². The number of aliphatic hydroxyl groups is 2. The van der Waals surface area contributed by atoms with Crippen LogP contribution >= 0.6 is 0 Å². The molecule has 0 saturated heterocycles. The third-order valence-corrected chi connectivity index (χ3v) is 4.19. The fourth-order valence-corrected chi connectivity index (χ4v) is 2.62. The second-order valence-corrected chi connectivity index (χ2v) is 6.50. The second-order valence-electron chi connectivity index (χ2n) is 6.50. The molecule has 4 nitrogen and oxygen atoms in total. The van der Waals surface area contributed by atoms with Crippen LogP contribution < -0.4 is 0 Å². The molecule has 0 radical (unpaired) electrons. The van der Waals surface area contributed by atoms with Gasteiger partial charge >= 0.3 is 0 Å². The summed E-state index contributed by atoms with van der Waals surface area (Å²) in [5.41, 5.74) is 0. The number of rotatable bonds is 19. The molecular weight excluding hydrogens is 292 g/mol. The molecule has 0 aliphatic heterocycles. The van der Waals surface area contributed by atoms with E-state index in [2.05, 4.69) is 6.92 Å². The van der Waals surface area contributed by atoms with Crippen molar-refractivity contribution in [1.29, 1.82) is 0 Å². The third kappa shape index (κ3) is 18.0. The minimum absolute atomic E-state index is 0.213. The van der Waals surface area contributed by atoms with Crippen molar-refractivity contribution in [2.45, 2.75) is 103 Å². The van der Waals surface area contributed by atoms with Crippen molar-refractivity contribution in [3.05, 3.63) is 0 Å². The Kier molecular flexibility index (Phi) is 19.7. The molecule has 140 valence electrons. The van der Waals surface area contributed by atoms with Crippen LogP contribution in [0.2, 0.25) is 0 Å². The molecule has 0 aliphatic rings. The maximum absolute atomic E-state index is 8.79. The van der Waals surface area contributed by atoms with Gasteiger partial charge in [-0.2, -0.15) is 0 Å². The molecule has 0 unspecified atom stereocenters. The van der Waals surface area contributed by atoms with Crippen molar-refractivity contribution < 1.29 is 20.0 Å². The van der Waals surface area contributed by atoms with Gasteiger partial charge in [0.25, 0.3) is 0 Å². The Bertz CT molecular complexity index is 208. The van der Waals surface area contributed by atoms with E-state index in [1.54, 1.807) is 0 Å². The van der Waals surface area contributed by atoms with Gasteiger partial charge in [-0.25, -0.2) is 9.78 Å². The van der Waals surface area contributed by atoms with E-state index in [9.17, 15) is 0 Å². The van der Waals surface area contributed by atoms with E-state index in [0.717, 1.165) is 12.8 Å². The summed E-state index contributed by atoms with van der Waals surface area (Å²) in [4.78, 5) is 9.82. The van der Waals surface area contributed by atoms with Gasteiger partial charge in [0.2, 0.25) is 0 Å². The summed E-state index contributed by atoms with van der Waals surface area (Å²) in [6.45, 7) is 2.38. The lowest BCUT2D eigenvalue weighted by Gasteiger charge is -2.10. The van der Waals surface area contributed by atoms with E-state index in [4.69, 9.17) is 20.0 Å².